The van der Waals surface area contributed by atoms with Gasteiger partial charge in [0, 0.05) is 54.7 Å². The normalized spacial score (nSPS) is 14.8. The Morgan fingerprint density at radius 1 is 1.15 bits per heavy atom. The van der Waals surface area contributed by atoms with Gasteiger partial charge in [-0.15, -0.1) is 0 Å². The van der Waals surface area contributed by atoms with Gasteiger partial charge in [0.2, 0.25) is 5.91 Å². The summed E-state index contributed by atoms with van der Waals surface area (Å²) in [6, 6.07) is 12.0. The summed E-state index contributed by atoms with van der Waals surface area (Å²) in [5.74, 6) is -0.0656. The number of hydrogen-bond acceptors (Lipinski definition) is 5. The summed E-state index contributed by atoms with van der Waals surface area (Å²) in [6.45, 7) is 5.22. The van der Waals surface area contributed by atoms with Crippen LogP contribution in [0.1, 0.15) is 5.56 Å². The molecule has 0 atom stereocenters. The van der Waals surface area contributed by atoms with E-state index in [0.717, 1.165) is 43.1 Å². The molecule has 0 spiro atoms. The number of halogens is 1. The number of hydrogen-bond donors (Lipinski definition) is 1. The minimum atomic E-state index is -0.401. The van der Waals surface area contributed by atoms with Crippen molar-refractivity contribution in [3.63, 3.8) is 0 Å². The topological polar surface area (TPSA) is 78.7 Å². The second-order valence-electron chi connectivity index (χ2n) is 6.50. The molecule has 7 nitrogen and oxygen atoms in total. The molecule has 1 heterocycles. The van der Waals surface area contributed by atoms with Crippen LogP contribution >= 0.6 is 11.6 Å². The molecular weight excluding hydrogens is 368 g/mol. The molecule has 1 saturated heterocycles. The summed E-state index contributed by atoms with van der Waals surface area (Å²) in [6.07, 6.45) is 0. The fraction of sp³-hybridized carbons (Fsp3) is 0.316. The number of benzene rings is 2. The van der Waals surface area contributed by atoms with Crippen LogP contribution in [0.2, 0.25) is 5.02 Å². The number of carbonyl (C=O) groups is 1. The Balaban J connectivity index is 1.51. The lowest BCUT2D eigenvalue weighted by atomic mass is 10.2. The van der Waals surface area contributed by atoms with Crippen molar-refractivity contribution in [1.82, 2.24) is 4.90 Å². The van der Waals surface area contributed by atoms with Crippen LogP contribution in [0, 0.1) is 17.0 Å². The highest BCUT2D eigenvalue weighted by atomic mass is 35.5. The summed E-state index contributed by atoms with van der Waals surface area (Å²) in [5.41, 5.74) is 2.64. The van der Waals surface area contributed by atoms with Crippen LogP contribution in [-0.4, -0.2) is 48.5 Å². The third-order valence-corrected chi connectivity index (χ3v) is 5.12. The first-order chi connectivity index (χ1) is 12.9. The lowest BCUT2D eigenvalue weighted by Crippen LogP contribution is -2.48. The molecule has 27 heavy (non-hydrogen) atoms. The van der Waals surface area contributed by atoms with E-state index in [1.165, 1.54) is 12.1 Å². The molecule has 0 saturated carbocycles. The lowest BCUT2D eigenvalue weighted by Gasteiger charge is -2.35. The van der Waals surface area contributed by atoms with Gasteiger partial charge >= 0.3 is 0 Å². The Kier molecular flexibility index (Phi) is 5.93. The smallest absolute Gasteiger partial charge is 0.269 e. The lowest BCUT2D eigenvalue weighted by molar-refractivity contribution is -0.384. The van der Waals surface area contributed by atoms with Crippen molar-refractivity contribution in [3.8, 4) is 0 Å². The van der Waals surface area contributed by atoms with Gasteiger partial charge in [-0.25, -0.2) is 0 Å². The number of anilines is 2. The molecule has 1 amide bonds. The third-order valence-electron chi connectivity index (χ3n) is 4.71. The first kappa shape index (κ1) is 19.1. The standard InChI is InChI=1S/C19H21ClN4O3/c1-14-17(20)3-2-4-18(14)21-19(25)13-22-9-11-23(12-10-22)15-5-7-16(8-6-15)24(26)27/h2-8H,9-13H2,1H3,(H,21,25). The maximum absolute atomic E-state index is 12.3. The molecule has 0 unspecified atom stereocenters. The molecule has 0 bridgehead atoms. The molecule has 2 aromatic carbocycles. The molecule has 1 aliphatic rings. The number of rotatable bonds is 5. The van der Waals surface area contributed by atoms with Gasteiger partial charge in [-0.2, -0.15) is 0 Å². The number of piperazine rings is 1. The van der Waals surface area contributed by atoms with Crippen LogP contribution in [0.25, 0.3) is 0 Å². The van der Waals surface area contributed by atoms with E-state index in [2.05, 4.69) is 15.1 Å². The highest BCUT2D eigenvalue weighted by molar-refractivity contribution is 6.31. The van der Waals surface area contributed by atoms with Crippen LogP contribution < -0.4 is 10.2 Å². The average molecular weight is 389 g/mol. The summed E-state index contributed by atoms with van der Waals surface area (Å²) in [4.78, 5) is 26.9. The van der Waals surface area contributed by atoms with Crippen LogP contribution in [0.5, 0.6) is 0 Å². The van der Waals surface area contributed by atoms with Gasteiger partial charge in [-0.1, -0.05) is 17.7 Å². The van der Waals surface area contributed by atoms with Crippen molar-refractivity contribution in [3.05, 3.63) is 63.2 Å². The summed E-state index contributed by atoms with van der Waals surface area (Å²) >= 11 is 6.09. The Morgan fingerprint density at radius 2 is 1.81 bits per heavy atom. The maximum Gasteiger partial charge on any atom is 0.269 e. The first-order valence-electron chi connectivity index (χ1n) is 8.71. The zero-order valence-corrected chi connectivity index (χ0v) is 15.8. The summed E-state index contributed by atoms with van der Waals surface area (Å²) < 4.78 is 0. The van der Waals surface area contributed by atoms with Gasteiger partial charge in [0.1, 0.15) is 0 Å². The molecule has 142 valence electrons. The fourth-order valence-electron chi connectivity index (χ4n) is 3.09. The van der Waals surface area contributed by atoms with Gasteiger partial charge in [0.15, 0.2) is 0 Å². The predicted octanol–water partition coefficient (Wildman–Crippen LogP) is 3.32. The van der Waals surface area contributed by atoms with E-state index >= 15 is 0 Å². The Labute approximate surface area is 162 Å². The monoisotopic (exact) mass is 388 g/mol. The van der Waals surface area contributed by atoms with E-state index < -0.39 is 4.92 Å². The molecule has 1 fully saturated rings. The molecular formula is C19H21ClN4O3. The van der Waals surface area contributed by atoms with Gasteiger partial charge in [-0.05, 0) is 36.8 Å². The fourth-order valence-corrected chi connectivity index (χ4v) is 3.26. The van der Waals surface area contributed by atoms with Crippen molar-refractivity contribution in [2.45, 2.75) is 6.92 Å². The van der Waals surface area contributed by atoms with E-state index in [1.807, 2.05) is 19.1 Å². The number of amides is 1. The molecule has 0 radical (unpaired) electrons. The van der Waals surface area contributed by atoms with Crippen molar-refractivity contribution < 1.29 is 9.72 Å². The molecule has 2 aromatic rings. The van der Waals surface area contributed by atoms with Crippen molar-refractivity contribution in [1.29, 1.82) is 0 Å². The largest absolute Gasteiger partial charge is 0.369 e. The average Bonchev–Trinajstić information content (AvgIpc) is 2.66. The number of nitrogens with one attached hydrogen (secondary N) is 1. The van der Waals surface area contributed by atoms with E-state index in [-0.39, 0.29) is 11.6 Å². The third kappa shape index (κ3) is 4.75. The van der Waals surface area contributed by atoms with Crippen molar-refractivity contribution in [2.24, 2.45) is 0 Å². The van der Waals surface area contributed by atoms with Crippen LogP contribution in [-0.2, 0) is 4.79 Å². The number of nitrogens with zero attached hydrogens (tertiary/aromatic N) is 3. The van der Waals surface area contributed by atoms with Gasteiger partial charge in [-0.3, -0.25) is 19.8 Å². The highest BCUT2D eigenvalue weighted by Gasteiger charge is 2.20. The van der Waals surface area contributed by atoms with Crippen LogP contribution in [0.4, 0.5) is 17.1 Å². The van der Waals surface area contributed by atoms with E-state index in [0.29, 0.717) is 11.6 Å². The van der Waals surface area contributed by atoms with E-state index in [1.54, 1.807) is 18.2 Å². The zero-order chi connectivity index (χ0) is 19.4. The molecule has 1 N–H and O–H groups in total. The molecule has 0 aromatic heterocycles. The Morgan fingerprint density at radius 3 is 2.44 bits per heavy atom. The van der Waals surface area contributed by atoms with E-state index in [9.17, 15) is 14.9 Å². The highest BCUT2D eigenvalue weighted by Crippen LogP contribution is 2.23. The van der Waals surface area contributed by atoms with Gasteiger partial charge < -0.3 is 10.2 Å². The number of nitro groups is 1. The minimum Gasteiger partial charge on any atom is -0.369 e. The number of non-ortho nitro benzene ring substituents is 1. The Hall–Kier alpha value is -2.64. The van der Waals surface area contributed by atoms with Gasteiger partial charge in [0.05, 0.1) is 11.5 Å². The van der Waals surface area contributed by atoms with Crippen molar-refractivity contribution in [2.75, 3.05) is 42.9 Å². The van der Waals surface area contributed by atoms with Crippen LogP contribution in [0.3, 0.4) is 0 Å². The first-order valence-corrected chi connectivity index (χ1v) is 9.08. The minimum absolute atomic E-state index is 0.0656. The van der Waals surface area contributed by atoms with E-state index in [4.69, 9.17) is 11.6 Å². The molecule has 8 heteroatoms. The quantitative estimate of drug-likeness (QED) is 0.628. The molecule has 1 aliphatic heterocycles. The summed E-state index contributed by atoms with van der Waals surface area (Å²) in [7, 11) is 0. The van der Waals surface area contributed by atoms with Crippen molar-refractivity contribution >= 4 is 34.6 Å². The second-order valence-corrected chi connectivity index (χ2v) is 6.90. The SMILES string of the molecule is Cc1c(Cl)cccc1NC(=O)CN1CCN(c2ccc([N+](=O)[O-])cc2)CC1. The number of nitro benzene ring substituents is 1. The maximum atomic E-state index is 12.3. The van der Waals surface area contributed by atoms with Crippen LogP contribution in [0.15, 0.2) is 42.5 Å². The van der Waals surface area contributed by atoms with Gasteiger partial charge in [0.25, 0.3) is 5.69 Å². The zero-order valence-electron chi connectivity index (χ0n) is 15.0. The summed E-state index contributed by atoms with van der Waals surface area (Å²) in [5, 5.41) is 14.3. The molecule has 0 aliphatic carbocycles. The molecule has 3 rings (SSSR count). The Bertz CT molecular complexity index is 833. The second kappa shape index (κ2) is 8.37. The number of carbonyl (C=O) groups excluding carboxylic acids is 1. The predicted molar refractivity (Wildman–Crippen MR) is 107 cm³/mol.